The molecule has 3 N–H and O–H groups in total. The maximum Gasteiger partial charge on any atom is 0.223 e. The SMILES string of the molecule is Clc1cnc(N[C@@H]2CCN(C3CCNCC3)C2)nc1-c1c[nH]c2ccccc12. The lowest BCUT2D eigenvalue weighted by atomic mass is 10.1. The molecular formula is C21H25ClN6. The molecule has 2 fully saturated rings. The van der Waals surface area contributed by atoms with E-state index in [9.17, 15) is 0 Å². The molecule has 0 amide bonds. The number of para-hydroxylation sites is 1. The van der Waals surface area contributed by atoms with E-state index in [1.807, 2.05) is 18.3 Å². The number of H-pyrrole nitrogens is 1. The van der Waals surface area contributed by atoms with Gasteiger partial charge in [-0.25, -0.2) is 9.97 Å². The highest BCUT2D eigenvalue weighted by atomic mass is 35.5. The molecule has 7 heteroatoms. The van der Waals surface area contributed by atoms with E-state index >= 15 is 0 Å². The summed E-state index contributed by atoms with van der Waals surface area (Å²) in [7, 11) is 0. The molecule has 146 valence electrons. The van der Waals surface area contributed by atoms with Crippen molar-refractivity contribution in [3.05, 3.63) is 41.7 Å². The molecule has 0 unspecified atom stereocenters. The standard InChI is InChI=1S/C21H25ClN6/c22-18-12-25-21(26-14-7-10-28(13-14)15-5-8-23-9-6-15)27-20(18)17-11-24-19-4-2-1-3-16(17)19/h1-4,11-12,14-15,23-24H,5-10,13H2,(H,25,26,27)/t14-/m1/s1. The fourth-order valence-corrected chi connectivity index (χ4v) is 4.68. The fraction of sp³-hybridized carbons (Fsp3) is 0.429. The molecule has 2 aromatic heterocycles. The summed E-state index contributed by atoms with van der Waals surface area (Å²) in [5.74, 6) is 0.654. The summed E-state index contributed by atoms with van der Waals surface area (Å²) in [6.45, 7) is 4.46. The first-order valence-corrected chi connectivity index (χ1v) is 10.5. The number of hydrogen-bond acceptors (Lipinski definition) is 5. The molecule has 2 aliphatic rings. The number of halogens is 1. The number of nitrogens with zero attached hydrogens (tertiary/aromatic N) is 3. The van der Waals surface area contributed by atoms with Gasteiger partial charge in [0.15, 0.2) is 0 Å². The van der Waals surface area contributed by atoms with Gasteiger partial charge in [0.1, 0.15) is 0 Å². The second-order valence-electron chi connectivity index (χ2n) is 7.74. The zero-order valence-electron chi connectivity index (χ0n) is 15.8. The Hall–Kier alpha value is -2.15. The van der Waals surface area contributed by atoms with Crippen LogP contribution in [0.5, 0.6) is 0 Å². The first kappa shape index (κ1) is 17.9. The third-order valence-corrected chi connectivity index (χ3v) is 6.24. The Balaban J connectivity index is 1.34. The molecule has 1 atom stereocenters. The molecule has 0 saturated carbocycles. The minimum atomic E-state index is 0.381. The van der Waals surface area contributed by atoms with Crippen LogP contribution in [0, 0.1) is 0 Å². The number of anilines is 1. The Morgan fingerprint density at radius 1 is 1.14 bits per heavy atom. The van der Waals surface area contributed by atoms with Gasteiger partial charge in [-0.1, -0.05) is 29.8 Å². The molecule has 5 rings (SSSR count). The topological polar surface area (TPSA) is 68.9 Å². The van der Waals surface area contributed by atoms with Crippen molar-refractivity contribution in [2.45, 2.75) is 31.3 Å². The smallest absolute Gasteiger partial charge is 0.223 e. The summed E-state index contributed by atoms with van der Waals surface area (Å²) in [5, 5.41) is 8.67. The Kier molecular flexibility index (Phi) is 4.93. The number of aromatic nitrogens is 3. The van der Waals surface area contributed by atoms with Crippen LogP contribution in [0.25, 0.3) is 22.2 Å². The second kappa shape index (κ2) is 7.70. The molecular weight excluding hydrogens is 372 g/mol. The lowest BCUT2D eigenvalue weighted by Crippen LogP contribution is -2.42. The molecule has 28 heavy (non-hydrogen) atoms. The zero-order valence-corrected chi connectivity index (χ0v) is 16.5. The molecule has 1 aromatic carbocycles. The lowest BCUT2D eigenvalue weighted by molar-refractivity contribution is 0.197. The molecule has 2 aliphatic heterocycles. The summed E-state index contributed by atoms with van der Waals surface area (Å²) in [5.41, 5.74) is 2.86. The molecule has 0 bridgehead atoms. The summed E-state index contributed by atoms with van der Waals surface area (Å²) >= 11 is 6.45. The van der Waals surface area contributed by atoms with Gasteiger partial charge in [-0.3, -0.25) is 4.90 Å². The van der Waals surface area contributed by atoms with Crippen molar-refractivity contribution in [1.29, 1.82) is 0 Å². The van der Waals surface area contributed by atoms with E-state index in [0.717, 1.165) is 54.8 Å². The van der Waals surface area contributed by atoms with Gasteiger partial charge in [0.05, 0.1) is 16.9 Å². The molecule has 2 saturated heterocycles. The second-order valence-corrected chi connectivity index (χ2v) is 8.15. The zero-order chi connectivity index (χ0) is 18.9. The van der Waals surface area contributed by atoms with Crippen LogP contribution in [0.1, 0.15) is 19.3 Å². The van der Waals surface area contributed by atoms with E-state index in [2.05, 4.69) is 37.6 Å². The van der Waals surface area contributed by atoms with Crippen molar-refractivity contribution < 1.29 is 0 Å². The van der Waals surface area contributed by atoms with Crippen LogP contribution in [-0.4, -0.2) is 58.1 Å². The number of fused-ring (bicyclic) bond motifs is 1. The van der Waals surface area contributed by atoms with Gasteiger partial charge in [-0.15, -0.1) is 0 Å². The van der Waals surface area contributed by atoms with Gasteiger partial charge in [0.25, 0.3) is 0 Å². The predicted octanol–water partition coefficient (Wildman–Crippen LogP) is 3.52. The normalized spacial score (nSPS) is 21.4. The third kappa shape index (κ3) is 3.48. The number of likely N-dealkylation sites (tertiary alicyclic amines) is 1. The lowest BCUT2D eigenvalue weighted by Gasteiger charge is -2.31. The van der Waals surface area contributed by atoms with Crippen LogP contribution in [0.15, 0.2) is 36.7 Å². The maximum absolute atomic E-state index is 6.45. The minimum absolute atomic E-state index is 0.381. The van der Waals surface area contributed by atoms with Crippen LogP contribution in [0.4, 0.5) is 5.95 Å². The van der Waals surface area contributed by atoms with Gasteiger partial charge in [0.2, 0.25) is 5.95 Å². The third-order valence-electron chi connectivity index (χ3n) is 5.97. The summed E-state index contributed by atoms with van der Waals surface area (Å²) in [4.78, 5) is 15.1. The van der Waals surface area contributed by atoms with E-state index in [-0.39, 0.29) is 0 Å². The van der Waals surface area contributed by atoms with Gasteiger partial charge >= 0.3 is 0 Å². The molecule has 0 spiro atoms. The number of rotatable bonds is 4. The van der Waals surface area contributed by atoms with Crippen molar-refractivity contribution in [2.24, 2.45) is 0 Å². The van der Waals surface area contributed by atoms with E-state index in [1.54, 1.807) is 6.20 Å². The minimum Gasteiger partial charge on any atom is -0.360 e. The molecule has 3 aromatic rings. The predicted molar refractivity (Wildman–Crippen MR) is 114 cm³/mol. The van der Waals surface area contributed by atoms with Gasteiger partial charge in [-0.2, -0.15) is 0 Å². The number of benzene rings is 1. The van der Waals surface area contributed by atoms with Crippen LogP contribution in [0.2, 0.25) is 5.02 Å². The Bertz CT molecular complexity index is 964. The van der Waals surface area contributed by atoms with Crippen molar-refractivity contribution in [3.8, 4) is 11.3 Å². The average Bonchev–Trinajstić information content (AvgIpc) is 3.37. The Morgan fingerprint density at radius 3 is 2.89 bits per heavy atom. The van der Waals surface area contributed by atoms with Crippen LogP contribution >= 0.6 is 11.6 Å². The summed E-state index contributed by atoms with van der Waals surface area (Å²) in [6.07, 6.45) is 7.28. The number of piperidine rings is 1. The highest BCUT2D eigenvalue weighted by Gasteiger charge is 2.29. The fourth-order valence-electron chi connectivity index (χ4n) is 4.48. The van der Waals surface area contributed by atoms with Gasteiger partial charge in [0, 0.05) is 47.8 Å². The van der Waals surface area contributed by atoms with Crippen LogP contribution in [0.3, 0.4) is 0 Å². The largest absolute Gasteiger partial charge is 0.360 e. The maximum atomic E-state index is 6.45. The quantitative estimate of drug-likeness (QED) is 0.629. The van der Waals surface area contributed by atoms with E-state index < -0.39 is 0 Å². The van der Waals surface area contributed by atoms with Crippen molar-refractivity contribution >= 4 is 28.5 Å². The highest BCUT2D eigenvalue weighted by molar-refractivity contribution is 6.33. The van der Waals surface area contributed by atoms with Gasteiger partial charge < -0.3 is 15.6 Å². The van der Waals surface area contributed by atoms with Crippen molar-refractivity contribution in [2.75, 3.05) is 31.5 Å². The molecule has 6 nitrogen and oxygen atoms in total. The molecule has 4 heterocycles. The molecule has 0 aliphatic carbocycles. The summed E-state index contributed by atoms with van der Waals surface area (Å²) < 4.78 is 0. The Morgan fingerprint density at radius 2 is 2.00 bits per heavy atom. The molecule has 0 radical (unpaired) electrons. The number of hydrogen-bond donors (Lipinski definition) is 3. The van der Waals surface area contributed by atoms with E-state index in [1.165, 1.54) is 12.8 Å². The van der Waals surface area contributed by atoms with Crippen molar-refractivity contribution in [3.63, 3.8) is 0 Å². The van der Waals surface area contributed by atoms with Crippen LogP contribution in [-0.2, 0) is 0 Å². The van der Waals surface area contributed by atoms with Gasteiger partial charge in [-0.05, 0) is 38.4 Å². The first-order chi connectivity index (χ1) is 13.8. The highest BCUT2D eigenvalue weighted by Crippen LogP contribution is 2.32. The summed E-state index contributed by atoms with van der Waals surface area (Å²) in [6, 6.07) is 9.28. The van der Waals surface area contributed by atoms with E-state index in [0.29, 0.717) is 23.1 Å². The average molecular weight is 397 g/mol. The number of nitrogens with one attached hydrogen (secondary N) is 3. The first-order valence-electron chi connectivity index (χ1n) is 10.1. The van der Waals surface area contributed by atoms with Crippen LogP contribution < -0.4 is 10.6 Å². The monoisotopic (exact) mass is 396 g/mol. The van der Waals surface area contributed by atoms with Crippen molar-refractivity contribution in [1.82, 2.24) is 25.2 Å². The number of aromatic amines is 1. The Labute approximate surface area is 169 Å². The van der Waals surface area contributed by atoms with E-state index in [4.69, 9.17) is 16.6 Å².